The van der Waals surface area contributed by atoms with E-state index < -0.39 is 11.8 Å². The molecule has 1 atom stereocenters. The monoisotopic (exact) mass is 380 g/mol. The fourth-order valence-electron chi connectivity index (χ4n) is 3.73. The quantitative estimate of drug-likeness (QED) is 0.778. The van der Waals surface area contributed by atoms with Gasteiger partial charge in [0.05, 0.1) is 21.7 Å². The molecule has 25 heavy (non-hydrogen) atoms. The molecule has 0 heterocycles. The maximum atomic E-state index is 12.5. The Kier molecular flexibility index (Phi) is 5.30. The third-order valence-electron chi connectivity index (χ3n) is 4.92. The Morgan fingerprint density at radius 3 is 2.16 bits per heavy atom. The fourth-order valence-corrected chi connectivity index (χ4v) is 4.04. The standard InChI is InChI=1S/C19H18Cl2O4/c20-11-8-7-10(9-12(11)21)17(18-13(22)3-1-4-14(18)23)19-15(24)5-2-6-16(19)25/h7-9,17-18,24H,1-6H2/t17-/m0/s1. The summed E-state index contributed by atoms with van der Waals surface area (Å²) in [7, 11) is 0. The molecule has 1 saturated carbocycles. The molecule has 3 rings (SSSR count). The largest absolute Gasteiger partial charge is 0.512 e. The SMILES string of the molecule is O=C1CCCC(O)=C1[C@@H](c1ccc(Cl)c(Cl)c1)C1C(=O)CCCC1=O. The van der Waals surface area contributed by atoms with Crippen molar-refractivity contribution in [2.45, 2.75) is 44.4 Å². The average molecular weight is 381 g/mol. The summed E-state index contributed by atoms with van der Waals surface area (Å²) in [4.78, 5) is 37.6. The van der Waals surface area contributed by atoms with Gasteiger partial charge in [-0.3, -0.25) is 14.4 Å². The van der Waals surface area contributed by atoms with Crippen molar-refractivity contribution in [2.75, 3.05) is 0 Å². The fraction of sp³-hybridized carbons (Fsp3) is 0.421. The molecular formula is C19H18Cl2O4. The van der Waals surface area contributed by atoms with Crippen LogP contribution in [0.25, 0.3) is 0 Å². The molecule has 0 aliphatic heterocycles. The molecule has 1 N–H and O–H groups in total. The minimum absolute atomic E-state index is 0.0292. The number of aliphatic hydroxyl groups is 1. The third-order valence-corrected chi connectivity index (χ3v) is 5.65. The lowest BCUT2D eigenvalue weighted by molar-refractivity contribution is -0.136. The lowest BCUT2D eigenvalue weighted by Crippen LogP contribution is -2.37. The number of carbonyl (C=O) groups is 3. The van der Waals surface area contributed by atoms with E-state index in [1.54, 1.807) is 18.2 Å². The van der Waals surface area contributed by atoms with Gasteiger partial charge < -0.3 is 5.11 Å². The van der Waals surface area contributed by atoms with Crippen LogP contribution in [0, 0.1) is 5.92 Å². The van der Waals surface area contributed by atoms with Crippen LogP contribution >= 0.6 is 23.2 Å². The van der Waals surface area contributed by atoms with Gasteiger partial charge in [-0.05, 0) is 30.5 Å². The molecule has 4 nitrogen and oxygen atoms in total. The number of benzene rings is 1. The van der Waals surface area contributed by atoms with Gasteiger partial charge in [0, 0.05) is 37.2 Å². The number of ketones is 3. The molecule has 0 spiro atoms. The molecule has 1 fully saturated rings. The molecule has 0 bridgehead atoms. The molecule has 6 heteroatoms. The summed E-state index contributed by atoms with van der Waals surface area (Å²) in [6.45, 7) is 0. The van der Waals surface area contributed by atoms with Gasteiger partial charge >= 0.3 is 0 Å². The van der Waals surface area contributed by atoms with Crippen LogP contribution in [0.4, 0.5) is 0 Å². The average Bonchev–Trinajstić information content (AvgIpc) is 2.55. The van der Waals surface area contributed by atoms with Gasteiger partial charge in [-0.15, -0.1) is 0 Å². The van der Waals surface area contributed by atoms with Crippen molar-refractivity contribution >= 4 is 40.6 Å². The minimum atomic E-state index is -0.954. The van der Waals surface area contributed by atoms with Crippen LogP contribution in [0.1, 0.15) is 50.0 Å². The van der Waals surface area contributed by atoms with Gasteiger partial charge in [0.25, 0.3) is 0 Å². The number of allylic oxidation sites excluding steroid dienone is 2. The summed E-state index contributed by atoms with van der Waals surface area (Å²) in [6.07, 6.45) is 2.36. The molecule has 0 saturated heterocycles. The van der Waals surface area contributed by atoms with Crippen LogP contribution in [0.15, 0.2) is 29.5 Å². The van der Waals surface area contributed by atoms with E-state index >= 15 is 0 Å². The lowest BCUT2D eigenvalue weighted by Gasteiger charge is -2.32. The number of Topliss-reactive ketones (excluding diaryl/α,β-unsaturated/α-hetero) is 3. The maximum absolute atomic E-state index is 12.5. The maximum Gasteiger partial charge on any atom is 0.162 e. The van der Waals surface area contributed by atoms with Crippen molar-refractivity contribution in [2.24, 2.45) is 5.92 Å². The van der Waals surface area contributed by atoms with Gasteiger partial charge in [-0.1, -0.05) is 29.3 Å². The lowest BCUT2D eigenvalue weighted by atomic mass is 9.69. The highest BCUT2D eigenvalue weighted by Gasteiger charge is 2.42. The van der Waals surface area contributed by atoms with E-state index in [4.69, 9.17) is 23.2 Å². The first-order valence-electron chi connectivity index (χ1n) is 8.35. The van der Waals surface area contributed by atoms with Gasteiger partial charge in [0.2, 0.25) is 0 Å². The Balaban J connectivity index is 2.17. The number of carbonyl (C=O) groups excluding carboxylic acids is 3. The molecule has 132 valence electrons. The van der Waals surface area contributed by atoms with Crippen LogP contribution in [0.2, 0.25) is 10.0 Å². The van der Waals surface area contributed by atoms with Crippen LogP contribution in [0.3, 0.4) is 0 Å². The van der Waals surface area contributed by atoms with Gasteiger partial charge in [-0.2, -0.15) is 0 Å². The topological polar surface area (TPSA) is 71.4 Å². The molecule has 0 unspecified atom stereocenters. The third kappa shape index (κ3) is 3.51. The van der Waals surface area contributed by atoms with Gasteiger partial charge in [0.1, 0.15) is 11.6 Å². The Labute approximate surface area is 155 Å². The minimum Gasteiger partial charge on any atom is -0.512 e. The number of rotatable bonds is 3. The first-order chi connectivity index (χ1) is 11.9. The number of halogens is 2. The van der Waals surface area contributed by atoms with E-state index in [9.17, 15) is 19.5 Å². The predicted molar refractivity (Wildman–Crippen MR) is 95.1 cm³/mol. The number of hydrogen-bond acceptors (Lipinski definition) is 4. The Bertz CT molecular complexity index is 766. The number of hydrogen-bond donors (Lipinski definition) is 1. The van der Waals surface area contributed by atoms with E-state index in [1.165, 1.54) is 0 Å². The Morgan fingerprint density at radius 1 is 0.920 bits per heavy atom. The first-order valence-corrected chi connectivity index (χ1v) is 9.11. The summed E-state index contributed by atoms with van der Waals surface area (Å²) < 4.78 is 0. The zero-order valence-electron chi connectivity index (χ0n) is 13.6. The predicted octanol–water partition coefficient (Wildman–Crippen LogP) is 4.58. The van der Waals surface area contributed by atoms with E-state index in [2.05, 4.69) is 0 Å². The van der Waals surface area contributed by atoms with Crippen molar-refractivity contribution < 1.29 is 19.5 Å². The van der Waals surface area contributed by atoms with Crippen molar-refractivity contribution in [3.05, 3.63) is 45.1 Å². The highest BCUT2D eigenvalue weighted by Crippen LogP contribution is 2.42. The molecule has 1 aromatic carbocycles. The Hall–Kier alpha value is -1.65. The molecule has 1 aromatic rings. The summed E-state index contributed by atoms with van der Waals surface area (Å²) >= 11 is 12.1. The van der Waals surface area contributed by atoms with E-state index in [0.717, 1.165) is 0 Å². The summed E-state index contributed by atoms with van der Waals surface area (Å²) in [5.41, 5.74) is 0.734. The molecular weight excluding hydrogens is 363 g/mol. The molecule has 0 radical (unpaired) electrons. The van der Waals surface area contributed by atoms with Crippen LogP contribution in [-0.4, -0.2) is 22.5 Å². The zero-order chi connectivity index (χ0) is 18.1. The van der Waals surface area contributed by atoms with Crippen molar-refractivity contribution in [3.63, 3.8) is 0 Å². The molecule has 0 aromatic heterocycles. The highest BCUT2D eigenvalue weighted by molar-refractivity contribution is 6.42. The summed E-state index contributed by atoms with van der Waals surface area (Å²) in [5, 5.41) is 11.0. The molecule has 2 aliphatic rings. The molecule has 0 amide bonds. The number of aliphatic hydroxyl groups excluding tert-OH is 1. The van der Waals surface area contributed by atoms with Crippen LogP contribution < -0.4 is 0 Å². The van der Waals surface area contributed by atoms with Crippen molar-refractivity contribution in [3.8, 4) is 0 Å². The Morgan fingerprint density at radius 2 is 1.56 bits per heavy atom. The normalized spacial score (nSPS) is 21.0. The zero-order valence-corrected chi connectivity index (χ0v) is 15.1. The van der Waals surface area contributed by atoms with E-state index in [0.29, 0.717) is 49.1 Å². The second kappa shape index (κ2) is 7.30. The smallest absolute Gasteiger partial charge is 0.162 e. The van der Waals surface area contributed by atoms with Crippen molar-refractivity contribution in [1.82, 2.24) is 0 Å². The summed E-state index contributed by atoms with van der Waals surface area (Å²) in [6, 6.07) is 4.82. The van der Waals surface area contributed by atoms with E-state index in [-0.39, 0.29) is 33.7 Å². The van der Waals surface area contributed by atoms with E-state index in [1.807, 2.05) is 0 Å². The van der Waals surface area contributed by atoms with Crippen LogP contribution in [-0.2, 0) is 14.4 Å². The van der Waals surface area contributed by atoms with Gasteiger partial charge in [0.15, 0.2) is 5.78 Å². The summed E-state index contributed by atoms with van der Waals surface area (Å²) in [5.74, 6) is -2.38. The second-order valence-corrected chi connectivity index (χ2v) is 7.37. The van der Waals surface area contributed by atoms with Gasteiger partial charge in [-0.25, -0.2) is 0 Å². The highest BCUT2D eigenvalue weighted by atomic mass is 35.5. The molecule has 2 aliphatic carbocycles. The van der Waals surface area contributed by atoms with Crippen molar-refractivity contribution in [1.29, 1.82) is 0 Å². The first kappa shape index (κ1) is 18.2. The second-order valence-electron chi connectivity index (χ2n) is 6.55. The van der Waals surface area contributed by atoms with Crippen LogP contribution in [0.5, 0.6) is 0 Å².